The van der Waals surface area contributed by atoms with Gasteiger partial charge in [0.05, 0.1) is 13.2 Å². The molecule has 0 bridgehead atoms. The lowest BCUT2D eigenvalue weighted by atomic mass is 10.1. The van der Waals surface area contributed by atoms with E-state index in [0.29, 0.717) is 0 Å². The molecule has 0 N–H and O–H groups in total. The molecule has 0 saturated heterocycles. The monoisotopic (exact) mass is 390 g/mol. The second kappa shape index (κ2) is 9.32. The lowest BCUT2D eigenvalue weighted by molar-refractivity contribution is 0.167. The molecule has 0 fully saturated rings. The summed E-state index contributed by atoms with van der Waals surface area (Å²) in [5, 5.41) is 5.26. The van der Waals surface area contributed by atoms with Crippen molar-refractivity contribution < 1.29 is 4.74 Å². The average molecular weight is 391 g/mol. The van der Waals surface area contributed by atoms with Crippen LogP contribution in [0.4, 0.5) is 0 Å². The number of rotatable bonds is 8. The van der Waals surface area contributed by atoms with Gasteiger partial charge in [-0.2, -0.15) is 0 Å². The first kappa shape index (κ1) is 18.4. The Balaban J connectivity index is 1.22. The van der Waals surface area contributed by atoms with E-state index >= 15 is 0 Å². The number of benzene rings is 4. The van der Waals surface area contributed by atoms with Crippen molar-refractivity contribution in [1.29, 1.82) is 0 Å². The highest BCUT2D eigenvalue weighted by molar-refractivity contribution is 7.99. The van der Waals surface area contributed by atoms with Gasteiger partial charge in [-0.1, -0.05) is 72.8 Å². The molecule has 1 nitrogen and oxygen atoms in total. The third-order valence-corrected chi connectivity index (χ3v) is 6.55. The van der Waals surface area contributed by atoms with Crippen LogP contribution in [0.1, 0.15) is 0 Å². The molecule has 0 aliphatic heterocycles. The molecular formula is C24H22OS2. The molecule has 0 spiro atoms. The van der Waals surface area contributed by atoms with E-state index in [9.17, 15) is 0 Å². The average Bonchev–Trinajstić information content (AvgIpc) is 2.73. The SMILES string of the molecule is c1ccc2c(SCCOCCSc3cccc4ccccc34)cccc2c1. The van der Waals surface area contributed by atoms with Crippen molar-refractivity contribution in [2.45, 2.75) is 9.79 Å². The minimum atomic E-state index is 0.782. The van der Waals surface area contributed by atoms with E-state index in [1.807, 2.05) is 23.5 Å². The molecule has 0 aliphatic carbocycles. The second-order valence-electron chi connectivity index (χ2n) is 6.26. The van der Waals surface area contributed by atoms with E-state index in [1.54, 1.807) is 0 Å². The first-order valence-electron chi connectivity index (χ1n) is 9.21. The maximum atomic E-state index is 5.86. The summed E-state index contributed by atoms with van der Waals surface area (Å²) in [6, 6.07) is 30.1. The lowest BCUT2D eigenvalue weighted by Gasteiger charge is -2.08. The van der Waals surface area contributed by atoms with Crippen LogP contribution in [0.5, 0.6) is 0 Å². The maximum Gasteiger partial charge on any atom is 0.0560 e. The Labute approximate surface area is 169 Å². The van der Waals surface area contributed by atoms with Crippen molar-refractivity contribution in [2.24, 2.45) is 0 Å². The topological polar surface area (TPSA) is 9.23 Å². The number of fused-ring (bicyclic) bond motifs is 2. The fourth-order valence-corrected chi connectivity index (χ4v) is 5.04. The van der Waals surface area contributed by atoms with Gasteiger partial charge >= 0.3 is 0 Å². The molecular weight excluding hydrogens is 368 g/mol. The van der Waals surface area contributed by atoms with Gasteiger partial charge < -0.3 is 4.74 Å². The number of ether oxygens (including phenoxy) is 1. The van der Waals surface area contributed by atoms with E-state index in [1.165, 1.54) is 31.3 Å². The highest BCUT2D eigenvalue weighted by Gasteiger charge is 2.02. The van der Waals surface area contributed by atoms with E-state index in [0.717, 1.165) is 24.7 Å². The third kappa shape index (κ3) is 4.67. The Hall–Kier alpha value is -1.94. The summed E-state index contributed by atoms with van der Waals surface area (Å²) >= 11 is 3.75. The Kier molecular flexibility index (Phi) is 6.36. The van der Waals surface area contributed by atoms with Crippen molar-refractivity contribution in [3.05, 3.63) is 84.9 Å². The summed E-state index contributed by atoms with van der Waals surface area (Å²) in [6.07, 6.45) is 0. The van der Waals surface area contributed by atoms with Crippen LogP contribution >= 0.6 is 23.5 Å². The largest absolute Gasteiger partial charge is 0.380 e. The van der Waals surface area contributed by atoms with Gasteiger partial charge in [0.15, 0.2) is 0 Å². The Morgan fingerprint density at radius 1 is 0.519 bits per heavy atom. The predicted molar refractivity (Wildman–Crippen MR) is 120 cm³/mol. The summed E-state index contributed by atoms with van der Waals surface area (Å²) in [4.78, 5) is 2.67. The quantitative estimate of drug-likeness (QED) is 0.239. The molecule has 27 heavy (non-hydrogen) atoms. The van der Waals surface area contributed by atoms with Gasteiger partial charge in [0.2, 0.25) is 0 Å². The normalized spacial score (nSPS) is 11.3. The summed E-state index contributed by atoms with van der Waals surface area (Å²) in [7, 11) is 0. The van der Waals surface area contributed by atoms with Crippen LogP contribution in [0.3, 0.4) is 0 Å². The highest BCUT2D eigenvalue weighted by Crippen LogP contribution is 2.28. The molecule has 4 aromatic carbocycles. The molecule has 0 aromatic heterocycles. The van der Waals surface area contributed by atoms with Crippen molar-refractivity contribution in [3.8, 4) is 0 Å². The third-order valence-electron chi connectivity index (χ3n) is 4.47. The Bertz CT molecular complexity index is 935. The van der Waals surface area contributed by atoms with E-state index in [2.05, 4.69) is 84.9 Å². The summed E-state index contributed by atoms with van der Waals surface area (Å²) in [5.74, 6) is 1.96. The van der Waals surface area contributed by atoms with Crippen molar-refractivity contribution >= 4 is 45.1 Å². The van der Waals surface area contributed by atoms with Crippen LogP contribution in [-0.4, -0.2) is 24.7 Å². The minimum Gasteiger partial charge on any atom is -0.380 e. The fourth-order valence-electron chi connectivity index (χ4n) is 3.17. The fraction of sp³-hybridized carbons (Fsp3) is 0.167. The van der Waals surface area contributed by atoms with Gasteiger partial charge in [0.25, 0.3) is 0 Å². The van der Waals surface area contributed by atoms with Crippen LogP contribution in [-0.2, 0) is 4.74 Å². The van der Waals surface area contributed by atoms with Gasteiger partial charge in [-0.25, -0.2) is 0 Å². The van der Waals surface area contributed by atoms with Gasteiger partial charge in [-0.15, -0.1) is 23.5 Å². The second-order valence-corrected chi connectivity index (χ2v) is 8.54. The zero-order valence-corrected chi connectivity index (χ0v) is 16.8. The summed E-state index contributed by atoms with van der Waals surface area (Å²) < 4.78 is 5.86. The van der Waals surface area contributed by atoms with Crippen LogP contribution < -0.4 is 0 Å². The van der Waals surface area contributed by atoms with Crippen LogP contribution in [0, 0.1) is 0 Å². The number of thioether (sulfide) groups is 2. The highest BCUT2D eigenvalue weighted by atomic mass is 32.2. The molecule has 4 aromatic rings. The molecule has 4 rings (SSSR count). The molecule has 0 amide bonds. The van der Waals surface area contributed by atoms with Crippen LogP contribution in [0.2, 0.25) is 0 Å². The summed E-state index contributed by atoms with van der Waals surface area (Å²) in [6.45, 7) is 1.56. The smallest absolute Gasteiger partial charge is 0.0560 e. The lowest BCUT2D eigenvalue weighted by Crippen LogP contribution is -2.01. The van der Waals surface area contributed by atoms with E-state index < -0.39 is 0 Å². The maximum absolute atomic E-state index is 5.86. The van der Waals surface area contributed by atoms with Crippen molar-refractivity contribution in [2.75, 3.05) is 24.7 Å². The predicted octanol–water partition coefficient (Wildman–Crippen LogP) is 6.89. The zero-order chi connectivity index (χ0) is 18.3. The Morgan fingerprint density at radius 3 is 1.48 bits per heavy atom. The number of hydrogen-bond donors (Lipinski definition) is 0. The van der Waals surface area contributed by atoms with Crippen LogP contribution in [0.25, 0.3) is 21.5 Å². The zero-order valence-electron chi connectivity index (χ0n) is 15.1. The van der Waals surface area contributed by atoms with Gasteiger partial charge in [-0.3, -0.25) is 0 Å². The molecule has 0 atom stereocenters. The molecule has 0 heterocycles. The first-order valence-corrected chi connectivity index (χ1v) is 11.2. The van der Waals surface area contributed by atoms with E-state index in [4.69, 9.17) is 4.74 Å². The van der Waals surface area contributed by atoms with Gasteiger partial charge in [0, 0.05) is 21.3 Å². The molecule has 0 unspecified atom stereocenters. The van der Waals surface area contributed by atoms with Gasteiger partial charge in [-0.05, 0) is 33.7 Å². The van der Waals surface area contributed by atoms with Crippen LogP contribution in [0.15, 0.2) is 94.7 Å². The van der Waals surface area contributed by atoms with E-state index in [-0.39, 0.29) is 0 Å². The summed E-state index contributed by atoms with van der Waals surface area (Å²) in [5.41, 5.74) is 0. The first-order chi connectivity index (χ1) is 13.4. The van der Waals surface area contributed by atoms with Gasteiger partial charge in [0.1, 0.15) is 0 Å². The van der Waals surface area contributed by atoms with Crippen molar-refractivity contribution in [1.82, 2.24) is 0 Å². The molecule has 0 radical (unpaired) electrons. The molecule has 0 aliphatic rings. The molecule has 136 valence electrons. The molecule has 0 saturated carbocycles. The standard InChI is InChI=1S/C24H22OS2/c1-3-11-21-19(7-1)9-5-13-23(21)26-17-15-25-16-18-27-24-14-6-10-20-8-2-4-12-22(20)24/h1-14H,15-18H2. The Morgan fingerprint density at radius 2 is 0.963 bits per heavy atom. The number of hydrogen-bond acceptors (Lipinski definition) is 3. The molecule has 3 heteroatoms. The van der Waals surface area contributed by atoms with Crippen molar-refractivity contribution in [3.63, 3.8) is 0 Å². The minimum absolute atomic E-state index is 0.782.